The van der Waals surface area contributed by atoms with Gasteiger partial charge in [0.15, 0.2) is 11.5 Å². The van der Waals surface area contributed by atoms with Gasteiger partial charge in [0, 0.05) is 11.6 Å². The monoisotopic (exact) mass is 221 g/mol. The zero-order chi connectivity index (χ0) is 11.7. The lowest BCUT2D eigenvalue weighted by Gasteiger charge is -2.27. The molecule has 0 amide bonds. The number of benzene rings is 1. The molecule has 0 fully saturated rings. The molecule has 0 spiro atoms. The first-order valence-electron chi connectivity index (χ1n) is 5.69. The molecule has 0 bridgehead atoms. The Morgan fingerprint density at radius 3 is 2.69 bits per heavy atom. The molecule has 2 rings (SSSR count). The Labute approximate surface area is 96.5 Å². The lowest BCUT2D eigenvalue weighted by atomic mass is 9.84. The number of aryl methyl sites for hydroxylation is 1. The van der Waals surface area contributed by atoms with Crippen LogP contribution in [0.5, 0.6) is 11.5 Å². The van der Waals surface area contributed by atoms with Crippen molar-refractivity contribution in [3.05, 3.63) is 22.8 Å². The largest absolute Gasteiger partial charge is 0.493 e. The molecule has 3 heteroatoms. The number of methoxy groups -OCH3 is 2. The predicted molar refractivity (Wildman–Crippen MR) is 64.1 cm³/mol. The predicted octanol–water partition coefficient (Wildman–Crippen LogP) is 2.35. The molecular formula is C13H19NO2. The van der Waals surface area contributed by atoms with Gasteiger partial charge in [-0.25, -0.2) is 0 Å². The van der Waals surface area contributed by atoms with E-state index in [-0.39, 0.29) is 6.04 Å². The van der Waals surface area contributed by atoms with Crippen LogP contribution >= 0.6 is 0 Å². The van der Waals surface area contributed by atoms with E-state index in [1.165, 1.54) is 11.1 Å². The van der Waals surface area contributed by atoms with Crippen LogP contribution in [0, 0.1) is 6.92 Å². The minimum atomic E-state index is 0.0764. The maximum Gasteiger partial charge on any atom is 0.165 e. The van der Waals surface area contributed by atoms with Crippen molar-refractivity contribution in [2.24, 2.45) is 5.73 Å². The van der Waals surface area contributed by atoms with E-state index >= 15 is 0 Å². The number of hydrogen-bond donors (Lipinski definition) is 1. The van der Waals surface area contributed by atoms with Gasteiger partial charge in [0.05, 0.1) is 14.2 Å². The fourth-order valence-corrected chi connectivity index (χ4v) is 2.56. The Morgan fingerprint density at radius 2 is 2.06 bits per heavy atom. The van der Waals surface area contributed by atoms with Gasteiger partial charge >= 0.3 is 0 Å². The fourth-order valence-electron chi connectivity index (χ4n) is 2.56. The molecule has 0 radical (unpaired) electrons. The molecule has 0 aromatic heterocycles. The Bertz CT molecular complexity index is 401. The van der Waals surface area contributed by atoms with Gasteiger partial charge in [-0.2, -0.15) is 0 Å². The third-order valence-corrected chi connectivity index (χ3v) is 3.35. The first kappa shape index (κ1) is 11.3. The summed E-state index contributed by atoms with van der Waals surface area (Å²) in [6, 6.07) is 2.11. The van der Waals surface area contributed by atoms with Crippen LogP contribution in [0.15, 0.2) is 6.07 Å². The number of rotatable bonds is 2. The van der Waals surface area contributed by atoms with E-state index in [0.29, 0.717) is 0 Å². The molecule has 3 nitrogen and oxygen atoms in total. The van der Waals surface area contributed by atoms with Gasteiger partial charge in [0.1, 0.15) is 0 Å². The van der Waals surface area contributed by atoms with E-state index in [2.05, 4.69) is 6.92 Å². The third kappa shape index (κ3) is 1.65. The van der Waals surface area contributed by atoms with Gasteiger partial charge in [-0.05, 0) is 43.4 Å². The Kier molecular flexibility index (Phi) is 3.06. The maximum atomic E-state index is 6.18. The van der Waals surface area contributed by atoms with Crippen molar-refractivity contribution in [1.82, 2.24) is 0 Å². The average molecular weight is 221 g/mol. The maximum absolute atomic E-state index is 6.18. The molecule has 0 saturated heterocycles. The highest BCUT2D eigenvalue weighted by Gasteiger charge is 2.25. The number of hydrogen-bond acceptors (Lipinski definition) is 3. The molecule has 2 N–H and O–H groups in total. The molecule has 1 atom stereocenters. The van der Waals surface area contributed by atoms with Gasteiger partial charge in [-0.1, -0.05) is 0 Å². The number of ether oxygens (including phenoxy) is 2. The second-order valence-corrected chi connectivity index (χ2v) is 4.32. The lowest BCUT2D eigenvalue weighted by molar-refractivity contribution is 0.345. The first-order chi connectivity index (χ1) is 7.69. The molecule has 1 aromatic rings. The van der Waals surface area contributed by atoms with E-state index in [0.717, 1.165) is 36.3 Å². The SMILES string of the molecule is COc1cc(C)c2c(c1OC)[C@@H](N)CCC2. The molecule has 0 heterocycles. The van der Waals surface area contributed by atoms with Gasteiger partial charge in [-0.15, -0.1) is 0 Å². The van der Waals surface area contributed by atoms with E-state index in [9.17, 15) is 0 Å². The van der Waals surface area contributed by atoms with Crippen molar-refractivity contribution in [3.63, 3.8) is 0 Å². The number of nitrogens with two attached hydrogens (primary N) is 1. The molecular weight excluding hydrogens is 202 g/mol. The molecule has 0 aliphatic heterocycles. The summed E-state index contributed by atoms with van der Waals surface area (Å²) in [6.45, 7) is 2.11. The Morgan fingerprint density at radius 1 is 1.31 bits per heavy atom. The smallest absolute Gasteiger partial charge is 0.165 e. The topological polar surface area (TPSA) is 44.5 Å². The van der Waals surface area contributed by atoms with Crippen molar-refractivity contribution in [2.45, 2.75) is 32.2 Å². The lowest BCUT2D eigenvalue weighted by Crippen LogP contribution is -2.19. The van der Waals surface area contributed by atoms with Crippen LogP contribution in [0.1, 0.15) is 35.6 Å². The van der Waals surface area contributed by atoms with Crippen molar-refractivity contribution < 1.29 is 9.47 Å². The molecule has 88 valence electrons. The zero-order valence-electron chi connectivity index (χ0n) is 10.2. The van der Waals surface area contributed by atoms with E-state index in [4.69, 9.17) is 15.2 Å². The van der Waals surface area contributed by atoms with Crippen molar-refractivity contribution in [1.29, 1.82) is 0 Å². The van der Waals surface area contributed by atoms with Gasteiger partial charge < -0.3 is 15.2 Å². The summed E-state index contributed by atoms with van der Waals surface area (Å²) in [7, 11) is 3.34. The summed E-state index contributed by atoms with van der Waals surface area (Å²) in [5.74, 6) is 1.60. The van der Waals surface area contributed by atoms with E-state index in [1.807, 2.05) is 6.07 Å². The molecule has 1 aliphatic rings. The van der Waals surface area contributed by atoms with Crippen LogP contribution in [-0.2, 0) is 6.42 Å². The van der Waals surface area contributed by atoms with Crippen LogP contribution in [-0.4, -0.2) is 14.2 Å². The van der Waals surface area contributed by atoms with Crippen molar-refractivity contribution >= 4 is 0 Å². The average Bonchev–Trinajstić information content (AvgIpc) is 2.29. The van der Waals surface area contributed by atoms with Gasteiger partial charge in [0.25, 0.3) is 0 Å². The van der Waals surface area contributed by atoms with Crippen LogP contribution in [0.3, 0.4) is 0 Å². The van der Waals surface area contributed by atoms with Crippen LogP contribution in [0.2, 0.25) is 0 Å². The normalized spacial score (nSPS) is 19.1. The van der Waals surface area contributed by atoms with Crippen molar-refractivity contribution in [3.8, 4) is 11.5 Å². The summed E-state index contributed by atoms with van der Waals surface area (Å²) in [5.41, 5.74) is 9.92. The Hall–Kier alpha value is -1.22. The van der Waals surface area contributed by atoms with Crippen LogP contribution in [0.4, 0.5) is 0 Å². The highest BCUT2D eigenvalue weighted by atomic mass is 16.5. The van der Waals surface area contributed by atoms with Gasteiger partial charge in [0.2, 0.25) is 0 Å². The van der Waals surface area contributed by atoms with Crippen molar-refractivity contribution in [2.75, 3.05) is 14.2 Å². The van der Waals surface area contributed by atoms with Crippen LogP contribution in [0.25, 0.3) is 0 Å². The van der Waals surface area contributed by atoms with Crippen LogP contribution < -0.4 is 15.2 Å². The number of fused-ring (bicyclic) bond motifs is 1. The second-order valence-electron chi connectivity index (χ2n) is 4.32. The molecule has 1 aromatic carbocycles. The highest BCUT2D eigenvalue weighted by molar-refractivity contribution is 5.56. The summed E-state index contributed by atoms with van der Waals surface area (Å²) < 4.78 is 10.8. The quantitative estimate of drug-likeness (QED) is 0.833. The standard InChI is InChI=1S/C13H19NO2/c1-8-7-11(15-2)13(16-3)12-9(8)5-4-6-10(12)14/h7,10H,4-6,14H2,1-3H3/t10-/m0/s1. The molecule has 0 saturated carbocycles. The summed E-state index contributed by atoms with van der Waals surface area (Å²) in [5, 5.41) is 0. The third-order valence-electron chi connectivity index (χ3n) is 3.35. The second kappa shape index (κ2) is 4.34. The summed E-state index contributed by atoms with van der Waals surface area (Å²) >= 11 is 0. The minimum Gasteiger partial charge on any atom is -0.493 e. The van der Waals surface area contributed by atoms with Gasteiger partial charge in [-0.3, -0.25) is 0 Å². The minimum absolute atomic E-state index is 0.0764. The first-order valence-corrected chi connectivity index (χ1v) is 5.69. The van der Waals surface area contributed by atoms with E-state index in [1.54, 1.807) is 14.2 Å². The highest BCUT2D eigenvalue weighted by Crippen LogP contribution is 2.42. The molecule has 1 aliphatic carbocycles. The fraction of sp³-hybridized carbons (Fsp3) is 0.538. The zero-order valence-corrected chi connectivity index (χ0v) is 10.2. The Balaban J connectivity index is 2.65. The van der Waals surface area contributed by atoms with E-state index < -0.39 is 0 Å². The summed E-state index contributed by atoms with van der Waals surface area (Å²) in [6.07, 6.45) is 3.27. The molecule has 16 heavy (non-hydrogen) atoms. The molecule has 0 unspecified atom stereocenters. The summed E-state index contributed by atoms with van der Waals surface area (Å²) in [4.78, 5) is 0.